The third kappa shape index (κ3) is 4.58. The number of nitrogens with zero attached hydrogens (tertiary/aromatic N) is 1. The maximum Gasteiger partial charge on any atom is 0.309 e. The van der Waals surface area contributed by atoms with Crippen molar-refractivity contribution in [3.63, 3.8) is 0 Å². The summed E-state index contributed by atoms with van der Waals surface area (Å²) < 4.78 is 29.2. The molecule has 4 atom stereocenters. The van der Waals surface area contributed by atoms with E-state index in [4.69, 9.17) is 0 Å². The van der Waals surface area contributed by atoms with Gasteiger partial charge < -0.3 is 5.11 Å². The molecule has 0 amide bonds. The van der Waals surface area contributed by atoms with Crippen molar-refractivity contribution >= 4 is 27.8 Å². The summed E-state index contributed by atoms with van der Waals surface area (Å²) in [6.07, 6.45) is 0. The minimum absolute atomic E-state index is 0.173. The molecular formula is C26H27NO4S2. The Morgan fingerprint density at radius 1 is 0.879 bits per heavy atom. The lowest BCUT2D eigenvalue weighted by molar-refractivity contribution is -0.142. The lowest BCUT2D eigenvalue weighted by Gasteiger charge is -2.29. The molecule has 7 heteroatoms. The molecule has 1 saturated heterocycles. The molecule has 5 nitrogen and oxygen atoms in total. The zero-order valence-corrected chi connectivity index (χ0v) is 20.4. The molecule has 0 spiro atoms. The van der Waals surface area contributed by atoms with Crippen LogP contribution in [0.2, 0.25) is 0 Å². The number of aliphatic carboxylic acids is 1. The second-order valence-corrected chi connectivity index (χ2v) is 11.6. The van der Waals surface area contributed by atoms with Crippen molar-refractivity contribution in [3.05, 3.63) is 95.6 Å². The number of carboxylic acids is 1. The molecule has 33 heavy (non-hydrogen) atoms. The number of aryl methyl sites for hydroxylation is 2. The molecule has 1 heterocycles. The number of sulfonamides is 1. The van der Waals surface area contributed by atoms with E-state index in [2.05, 4.69) is 0 Å². The molecule has 1 N–H and O–H groups in total. The topological polar surface area (TPSA) is 74.7 Å². The molecule has 0 saturated carbocycles. The molecule has 0 aromatic heterocycles. The fourth-order valence-corrected chi connectivity index (χ4v) is 7.75. The van der Waals surface area contributed by atoms with Gasteiger partial charge in [-0.15, -0.1) is 11.8 Å². The van der Waals surface area contributed by atoms with Crippen LogP contribution in [0.15, 0.2) is 88.7 Å². The normalized spacial score (nSPS) is 23.5. The van der Waals surface area contributed by atoms with Crippen LogP contribution in [-0.2, 0) is 14.8 Å². The van der Waals surface area contributed by atoms with Crippen LogP contribution >= 0.6 is 11.8 Å². The van der Waals surface area contributed by atoms with Gasteiger partial charge in [-0.05, 0) is 50.6 Å². The Kier molecular flexibility index (Phi) is 6.66. The predicted molar refractivity (Wildman–Crippen MR) is 131 cm³/mol. The third-order valence-corrected chi connectivity index (χ3v) is 9.65. The van der Waals surface area contributed by atoms with Crippen LogP contribution < -0.4 is 0 Å². The van der Waals surface area contributed by atoms with Crippen molar-refractivity contribution in [2.75, 3.05) is 0 Å². The van der Waals surface area contributed by atoms with Gasteiger partial charge in [0.05, 0.1) is 16.9 Å². The van der Waals surface area contributed by atoms with Crippen LogP contribution in [0.5, 0.6) is 0 Å². The maximum absolute atomic E-state index is 13.9. The molecule has 4 rings (SSSR count). The van der Waals surface area contributed by atoms with Gasteiger partial charge in [-0.2, -0.15) is 4.31 Å². The SMILES string of the molecule is Cc1ccc([C@H]2[C@H](C(=O)O)[C@H](Sc3ccccc3)[C@@H](C)N2S(=O)(=O)c2ccc(C)cc2)cc1. The number of benzene rings is 3. The number of thioether (sulfide) groups is 1. The number of carbonyl (C=O) groups is 1. The average Bonchev–Trinajstić information content (AvgIpc) is 3.08. The monoisotopic (exact) mass is 481 g/mol. The lowest BCUT2D eigenvalue weighted by atomic mass is 9.93. The zero-order valence-electron chi connectivity index (χ0n) is 18.8. The van der Waals surface area contributed by atoms with Crippen molar-refractivity contribution in [2.24, 2.45) is 5.92 Å². The first-order valence-corrected chi connectivity index (χ1v) is 13.1. The van der Waals surface area contributed by atoms with E-state index in [-0.39, 0.29) is 4.90 Å². The molecule has 1 aliphatic heterocycles. The lowest BCUT2D eigenvalue weighted by Crippen LogP contribution is -2.38. The molecular weight excluding hydrogens is 454 g/mol. The number of hydrogen-bond acceptors (Lipinski definition) is 4. The highest BCUT2D eigenvalue weighted by Gasteiger charge is 2.56. The van der Waals surface area contributed by atoms with Gasteiger partial charge in [-0.25, -0.2) is 8.42 Å². The molecule has 3 aromatic carbocycles. The highest BCUT2D eigenvalue weighted by atomic mass is 32.2. The van der Waals surface area contributed by atoms with Crippen LogP contribution in [0.3, 0.4) is 0 Å². The van der Waals surface area contributed by atoms with Gasteiger partial charge in [0.1, 0.15) is 0 Å². The van der Waals surface area contributed by atoms with Crippen molar-refractivity contribution in [2.45, 2.75) is 47.9 Å². The Labute approximate surface area is 199 Å². The Balaban J connectivity index is 1.86. The summed E-state index contributed by atoms with van der Waals surface area (Å²) in [5.41, 5.74) is 2.67. The van der Waals surface area contributed by atoms with Crippen LogP contribution in [0, 0.1) is 19.8 Å². The average molecular weight is 482 g/mol. The van der Waals surface area contributed by atoms with E-state index in [1.807, 2.05) is 75.4 Å². The molecule has 0 bridgehead atoms. The van der Waals surface area contributed by atoms with Gasteiger partial charge in [-0.3, -0.25) is 4.79 Å². The van der Waals surface area contributed by atoms with E-state index < -0.39 is 39.2 Å². The standard InChI is InChI=1S/C26H27NO4S2/c1-17-9-13-20(14-10-17)24-23(26(28)29)25(32-21-7-5-4-6-8-21)19(3)27(24)33(30,31)22-15-11-18(2)12-16-22/h4-16,19,23-25H,1-3H3,(H,28,29)/t19-,23+,24+,25-/m1/s1. The first-order chi connectivity index (χ1) is 15.7. The zero-order chi connectivity index (χ0) is 23.8. The smallest absolute Gasteiger partial charge is 0.309 e. The van der Waals surface area contributed by atoms with Gasteiger partial charge >= 0.3 is 5.97 Å². The fraction of sp³-hybridized carbons (Fsp3) is 0.269. The molecule has 1 fully saturated rings. The summed E-state index contributed by atoms with van der Waals surface area (Å²) in [6, 6.07) is 22.4. The minimum Gasteiger partial charge on any atom is -0.481 e. The summed E-state index contributed by atoms with van der Waals surface area (Å²) in [5, 5.41) is 9.86. The molecule has 3 aromatic rings. The summed E-state index contributed by atoms with van der Waals surface area (Å²) >= 11 is 1.43. The molecule has 0 radical (unpaired) electrons. The van der Waals surface area contributed by atoms with Crippen molar-refractivity contribution in [1.82, 2.24) is 4.31 Å². The summed E-state index contributed by atoms with van der Waals surface area (Å²) in [7, 11) is -3.95. The highest BCUT2D eigenvalue weighted by molar-refractivity contribution is 8.00. The van der Waals surface area contributed by atoms with Crippen molar-refractivity contribution in [3.8, 4) is 0 Å². The number of hydrogen-bond donors (Lipinski definition) is 1. The number of rotatable bonds is 6. The molecule has 1 aliphatic rings. The predicted octanol–water partition coefficient (Wildman–Crippen LogP) is 5.30. The third-order valence-electron chi connectivity index (χ3n) is 6.16. The summed E-state index contributed by atoms with van der Waals surface area (Å²) in [5.74, 6) is -1.91. The van der Waals surface area contributed by atoms with Crippen LogP contribution in [0.1, 0.15) is 29.7 Å². The van der Waals surface area contributed by atoms with E-state index in [1.165, 1.54) is 16.1 Å². The first-order valence-electron chi connectivity index (χ1n) is 10.8. The van der Waals surface area contributed by atoms with E-state index in [0.717, 1.165) is 16.0 Å². The van der Waals surface area contributed by atoms with Crippen LogP contribution in [-0.4, -0.2) is 35.1 Å². The Hall–Kier alpha value is -2.61. The van der Waals surface area contributed by atoms with Gasteiger partial charge in [0.2, 0.25) is 10.0 Å². The van der Waals surface area contributed by atoms with E-state index in [0.29, 0.717) is 5.56 Å². The Morgan fingerprint density at radius 3 is 1.97 bits per heavy atom. The Morgan fingerprint density at radius 2 is 1.42 bits per heavy atom. The van der Waals surface area contributed by atoms with E-state index in [1.54, 1.807) is 24.3 Å². The maximum atomic E-state index is 13.9. The van der Waals surface area contributed by atoms with Gasteiger partial charge in [0.25, 0.3) is 0 Å². The minimum atomic E-state index is -3.95. The molecule has 172 valence electrons. The van der Waals surface area contributed by atoms with Crippen LogP contribution in [0.25, 0.3) is 0 Å². The van der Waals surface area contributed by atoms with Gasteiger partial charge in [0.15, 0.2) is 0 Å². The highest BCUT2D eigenvalue weighted by Crippen LogP contribution is 2.50. The summed E-state index contributed by atoms with van der Waals surface area (Å²) in [6.45, 7) is 5.66. The largest absolute Gasteiger partial charge is 0.481 e. The Bertz CT molecular complexity index is 1230. The van der Waals surface area contributed by atoms with Crippen LogP contribution in [0.4, 0.5) is 0 Å². The first kappa shape index (κ1) is 23.5. The summed E-state index contributed by atoms with van der Waals surface area (Å²) in [4.78, 5) is 13.7. The van der Waals surface area contributed by atoms with Gasteiger partial charge in [-0.1, -0.05) is 65.7 Å². The van der Waals surface area contributed by atoms with Crippen molar-refractivity contribution < 1.29 is 18.3 Å². The molecule has 0 unspecified atom stereocenters. The number of carboxylic acid groups (broad SMARTS) is 1. The fourth-order valence-electron chi connectivity index (χ4n) is 4.46. The quantitative estimate of drug-likeness (QED) is 0.517. The van der Waals surface area contributed by atoms with E-state index >= 15 is 0 Å². The van der Waals surface area contributed by atoms with Crippen molar-refractivity contribution in [1.29, 1.82) is 0 Å². The van der Waals surface area contributed by atoms with E-state index in [9.17, 15) is 18.3 Å². The van der Waals surface area contributed by atoms with Gasteiger partial charge in [0, 0.05) is 16.2 Å². The second kappa shape index (κ2) is 9.33. The second-order valence-electron chi connectivity index (χ2n) is 8.50. The molecule has 0 aliphatic carbocycles.